The van der Waals surface area contributed by atoms with E-state index in [1.165, 1.54) is 250 Å². The minimum absolute atomic E-state index is 0.0566. The molecular formula is C63H129O4P. The van der Waals surface area contributed by atoms with Crippen molar-refractivity contribution in [1.82, 2.24) is 0 Å². The number of rotatable bonds is 60. The van der Waals surface area contributed by atoms with E-state index < -0.39 is 7.82 Å². The minimum Gasteiger partial charge on any atom is -0.284 e. The molecule has 68 heavy (non-hydrogen) atoms. The Bertz CT molecular complexity index is 854. The Labute approximate surface area is 430 Å². The number of unbranched alkanes of at least 4 members (excludes halogenated alkanes) is 42. The van der Waals surface area contributed by atoms with Gasteiger partial charge in [-0.05, 0) is 38.5 Å². The van der Waals surface area contributed by atoms with Crippen molar-refractivity contribution in [2.45, 2.75) is 407 Å². The summed E-state index contributed by atoms with van der Waals surface area (Å²) in [6.07, 6.45) is 69.5. The second kappa shape index (κ2) is 56.4. The van der Waals surface area contributed by atoms with E-state index in [0.717, 1.165) is 96.3 Å². The lowest BCUT2D eigenvalue weighted by Gasteiger charge is -2.30. The summed E-state index contributed by atoms with van der Waals surface area (Å²) >= 11 is 0. The second-order valence-corrected chi connectivity index (χ2v) is 23.7. The van der Waals surface area contributed by atoms with Crippen LogP contribution in [0.15, 0.2) is 0 Å². The molecule has 5 heteroatoms. The van der Waals surface area contributed by atoms with Crippen molar-refractivity contribution < 1.29 is 18.1 Å². The highest BCUT2D eigenvalue weighted by Gasteiger charge is 2.36. The van der Waals surface area contributed by atoms with Crippen molar-refractivity contribution in [3.8, 4) is 0 Å². The predicted octanol–water partition coefficient (Wildman–Crippen LogP) is 24.4. The van der Waals surface area contributed by atoms with Gasteiger partial charge in [0.25, 0.3) is 0 Å². The number of hydrogen-bond donors (Lipinski definition) is 0. The van der Waals surface area contributed by atoms with Gasteiger partial charge in [-0.3, -0.25) is 13.6 Å². The average molecular weight is 982 g/mol. The molecule has 0 saturated carbocycles. The Morgan fingerprint density at radius 2 is 0.338 bits per heavy atom. The summed E-state index contributed by atoms with van der Waals surface area (Å²) in [5.41, 5.74) is 0. The summed E-state index contributed by atoms with van der Waals surface area (Å²) < 4.78 is 35.8. The smallest absolute Gasteiger partial charge is 0.284 e. The maximum Gasteiger partial charge on any atom is 0.475 e. The zero-order valence-corrected chi connectivity index (χ0v) is 48.9. The van der Waals surface area contributed by atoms with Crippen LogP contribution >= 0.6 is 7.82 Å². The first-order chi connectivity index (χ1) is 33.5. The largest absolute Gasteiger partial charge is 0.475 e. The van der Waals surface area contributed by atoms with Gasteiger partial charge < -0.3 is 0 Å². The fraction of sp³-hybridized carbons (Fsp3) is 1.00. The van der Waals surface area contributed by atoms with Gasteiger partial charge in [-0.2, -0.15) is 0 Å². The summed E-state index contributed by atoms with van der Waals surface area (Å²) in [7, 11) is -3.77. The Hall–Kier alpha value is 0.110. The van der Waals surface area contributed by atoms with Crippen molar-refractivity contribution >= 4 is 7.82 Å². The Kier molecular flexibility index (Phi) is 56.5. The second-order valence-electron chi connectivity index (χ2n) is 22.2. The van der Waals surface area contributed by atoms with E-state index in [-0.39, 0.29) is 18.3 Å². The number of phosphoric acid groups is 1. The van der Waals surface area contributed by atoms with Gasteiger partial charge in [-0.15, -0.1) is 0 Å². The minimum atomic E-state index is -3.77. The molecule has 0 N–H and O–H groups in total. The van der Waals surface area contributed by atoms with E-state index in [0.29, 0.717) is 0 Å². The van der Waals surface area contributed by atoms with Crippen molar-refractivity contribution in [3.05, 3.63) is 0 Å². The van der Waals surface area contributed by atoms with E-state index in [1.807, 2.05) is 0 Å². The lowest BCUT2D eigenvalue weighted by Crippen LogP contribution is -2.22. The highest BCUT2D eigenvalue weighted by atomic mass is 31.2. The number of hydrogen-bond acceptors (Lipinski definition) is 4. The maximum atomic E-state index is 15.3. The van der Waals surface area contributed by atoms with E-state index in [9.17, 15) is 0 Å². The fourth-order valence-electron chi connectivity index (χ4n) is 10.4. The molecule has 3 unspecified atom stereocenters. The van der Waals surface area contributed by atoms with Crippen LogP contribution in [0.25, 0.3) is 0 Å². The number of phosphoric ester groups is 1. The first-order valence-corrected chi connectivity index (χ1v) is 33.6. The summed E-state index contributed by atoms with van der Waals surface area (Å²) in [4.78, 5) is 0. The summed E-state index contributed by atoms with van der Waals surface area (Å²) in [5, 5.41) is 0. The molecule has 0 aliphatic carbocycles. The van der Waals surface area contributed by atoms with Crippen LogP contribution in [0.5, 0.6) is 0 Å². The zero-order chi connectivity index (χ0) is 49.5. The highest BCUT2D eigenvalue weighted by molar-refractivity contribution is 7.48. The van der Waals surface area contributed by atoms with Crippen LogP contribution in [-0.4, -0.2) is 18.3 Å². The summed E-state index contributed by atoms with van der Waals surface area (Å²) in [6.45, 7) is 13.7. The van der Waals surface area contributed by atoms with Crippen LogP contribution in [0, 0.1) is 0 Å². The fourth-order valence-corrected chi connectivity index (χ4v) is 12.2. The lowest BCUT2D eigenvalue weighted by atomic mass is 10.0. The molecule has 4 nitrogen and oxygen atoms in total. The Morgan fingerprint density at radius 1 is 0.206 bits per heavy atom. The molecule has 0 amide bonds. The molecule has 0 spiro atoms. The van der Waals surface area contributed by atoms with Crippen molar-refractivity contribution in [3.63, 3.8) is 0 Å². The molecule has 0 aliphatic heterocycles. The third-order valence-corrected chi connectivity index (χ3v) is 16.8. The molecule has 0 aromatic heterocycles. The van der Waals surface area contributed by atoms with Crippen LogP contribution in [0.4, 0.5) is 0 Å². The van der Waals surface area contributed by atoms with E-state index >= 15 is 4.57 Å². The van der Waals surface area contributed by atoms with Crippen LogP contribution < -0.4 is 0 Å². The first-order valence-electron chi connectivity index (χ1n) is 32.1. The van der Waals surface area contributed by atoms with Crippen molar-refractivity contribution in [2.75, 3.05) is 0 Å². The topological polar surface area (TPSA) is 44.8 Å². The average Bonchev–Trinajstić information content (AvgIpc) is 3.34. The van der Waals surface area contributed by atoms with Gasteiger partial charge >= 0.3 is 7.82 Å². The van der Waals surface area contributed by atoms with Crippen LogP contribution in [-0.2, 0) is 18.1 Å². The van der Waals surface area contributed by atoms with E-state index in [4.69, 9.17) is 13.6 Å². The van der Waals surface area contributed by atoms with E-state index in [1.54, 1.807) is 0 Å². The van der Waals surface area contributed by atoms with Gasteiger partial charge in [-0.25, -0.2) is 4.57 Å². The zero-order valence-electron chi connectivity index (χ0n) is 48.0. The van der Waals surface area contributed by atoms with Crippen LogP contribution in [0.3, 0.4) is 0 Å². The van der Waals surface area contributed by atoms with Gasteiger partial charge in [0.1, 0.15) is 0 Å². The third-order valence-electron chi connectivity index (χ3n) is 15.1. The van der Waals surface area contributed by atoms with Gasteiger partial charge in [0.05, 0.1) is 18.3 Å². The molecule has 0 saturated heterocycles. The lowest BCUT2D eigenvalue weighted by molar-refractivity contribution is 0.0158. The maximum absolute atomic E-state index is 15.3. The molecule has 0 aromatic carbocycles. The quantitative estimate of drug-likeness (QED) is 0.0450. The Morgan fingerprint density at radius 3 is 0.500 bits per heavy atom. The molecular weight excluding hydrogens is 852 g/mol. The molecule has 3 atom stereocenters. The van der Waals surface area contributed by atoms with Crippen LogP contribution in [0.2, 0.25) is 0 Å². The monoisotopic (exact) mass is 981 g/mol. The highest BCUT2D eigenvalue weighted by Crippen LogP contribution is 2.55. The molecule has 0 fully saturated rings. The predicted molar refractivity (Wildman–Crippen MR) is 306 cm³/mol. The van der Waals surface area contributed by atoms with Gasteiger partial charge in [0, 0.05) is 0 Å². The standard InChI is InChI=1S/C63H129O4P/c1-7-13-19-22-25-28-31-34-37-40-43-46-49-52-58-61(55-16-10-4)65-68(64,66-62(56-17-11-5)59-53-50-47-44-41-38-35-32-29-26-23-20-14-8-2)67-63(57-18-12-6)60-54-51-48-45-42-39-36-33-30-27-24-21-15-9-3/h61-63H,7-60H2,1-6H3. The van der Waals surface area contributed by atoms with Crippen molar-refractivity contribution in [2.24, 2.45) is 0 Å². The van der Waals surface area contributed by atoms with Gasteiger partial charge in [-0.1, -0.05) is 350 Å². The molecule has 0 rings (SSSR count). The molecule has 0 heterocycles. The third kappa shape index (κ3) is 49.7. The Balaban J connectivity index is 5.36. The van der Waals surface area contributed by atoms with Gasteiger partial charge in [0.15, 0.2) is 0 Å². The molecule has 0 bridgehead atoms. The molecule has 410 valence electrons. The molecule has 0 aliphatic rings. The summed E-state index contributed by atoms with van der Waals surface area (Å²) in [5.74, 6) is 0. The SMILES string of the molecule is CCCCCCCCCCCCCCCCC(CCCC)OP(=O)(OC(CCCC)CCCCCCCCCCCCCCCC)OC(CCCC)CCCCCCCCCCCCCCCC. The van der Waals surface area contributed by atoms with E-state index in [2.05, 4.69) is 41.5 Å². The first kappa shape index (κ1) is 68.1. The molecule has 0 aromatic rings. The molecule has 0 radical (unpaired) electrons. The van der Waals surface area contributed by atoms with Crippen molar-refractivity contribution in [1.29, 1.82) is 0 Å². The summed E-state index contributed by atoms with van der Waals surface area (Å²) in [6, 6.07) is 0. The normalized spacial score (nSPS) is 14.1. The van der Waals surface area contributed by atoms with Gasteiger partial charge in [0.2, 0.25) is 0 Å². The van der Waals surface area contributed by atoms with Crippen LogP contribution in [0.1, 0.15) is 388 Å².